The zero-order valence-electron chi connectivity index (χ0n) is 28.1. The molecular weight excluding hydrogens is 735 g/mol. The van der Waals surface area contributed by atoms with Crippen molar-refractivity contribution in [1.82, 2.24) is 0 Å². The van der Waals surface area contributed by atoms with Gasteiger partial charge in [0.2, 0.25) is 0 Å². The fourth-order valence-corrected chi connectivity index (χ4v) is 7.66. The fraction of sp³-hybridized carbons (Fsp3) is 0.114. The van der Waals surface area contributed by atoms with E-state index >= 15 is 0 Å². The van der Waals surface area contributed by atoms with Gasteiger partial charge in [0.05, 0.1) is 4.90 Å². The standard InChI is InChI=1S/C35H31N2O9S3.2Na/c1-36(24-29-10-6-7-11-33(29)48(41,42)43)30-18-12-25(13-19-30)34(27-16-22-32(23-17-27)47(38,39)40)26-14-20-31(21-15-26)37(2)35(49(44,45)46)28-8-4-3-5-9-28;;/h3-4,6-10,12-23,35H,24H2,1-2H3,(H,38,39,40)(H,41,42,43)(H,44,45,46);;/q-1;2*+1/p-1. The fourth-order valence-electron chi connectivity index (χ4n) is 5.49. The van der Waals surface area contributed by atoms with E-state index in [1.54, 1.807) is 78.4 Å². The molecule has 5 rings (SSSR count). The van der Waals surface area contributed by atoms with Crippen LogP contribution < -0.4 is 64.0 Å². The molecule has 0 fully saturated rings. The van der Waals surface area contributed by atoms with Crippen LogP contribution in [0.3, 0.4) is 0 Å². The molecule has 16 heteroatoms. The first-order valence-corrected chi connectivity index (χ1v) is 18.9. The molecule has 254 valence electrons. The van der Waals surface area contributed by atoms with Gasteiger partial charge in [-0.25, -0.2) is 13.0 Å². The predicted octanol–water partition coefficient (Wildman–Crippen LogP) is -1.32. The van der Waals surface area contributed by atoms with E-state index < -0.39 is 35.7 Å². The number of rotatable bonds is 10. The molecule has 1 atom stereocenters. The maximum atomic E-state index is 12.4. The van der Waals surface area contributed by atoms with Gasteiger partial charge in [0.1, 0.15) is 29.1 Å². The minimum atomic E-state index is -4.68. The van der Waals surface area contributed by atoms with E-state index in [9.17, 15) is 38.9 Å². The van der Waals surface area contributed by atoms with Crippen molar-refractivity contribution in [3.05, 3.63) is 155 Å². The average Bonchev–Trinajstić information content (AvgIpc) is 3.05. The Morgan fingerprint density at radius 2 is 1.39 bits per heavy atom. The van der Waals surface area contributed by atoms with Gasteiger partial charge in [0, 0.05) is 24.9 Å². The van der Waals surface area contributed by atoms with Crippen LogP contribution in [-0.4, -0.2) is 63.3 Å². The normalized spacial score (nSPS) is 13.5. The largest absolute Gasteiger partial charge is 1.00 e. The smallest absolute Gasteiger partial charge is 0.744 e. The molecule has 1 aliphatic rings. The van der Waals surface area contributed by atoms with E-state index in [2.05, 4.69) is 12.1 Å². The first kappa shape index (κ1) is 42.7. The van der Waals surface area contributed by atoms with E-state index in [1.165, 1.54) is 48.3 Å². The van der Waals surface area contributed by atoms with Crippen LogP contribution in [0.25, 0.3) is 5.57 Å². The maximum absolute atomic E-state index is 12.4. The van der Waals surface area contributed by atoms with E-state index in [1.807, 2.05) is 12.2 Å². The van der Waals surface area contributed by atoms with Crippen LogP contribution in [0.2, 0.25) is 0 Å². The van der Waals surface area contributed by atoms with Crippen molar-refractivity contribution in [1.29, 1.82) is 0 Å². The molecule has 2 N–H and O–H groups in total. The van der Waals surface area contributed by atoms with Gasteiger partial charge in [0.25, 0.3) is 20.2 Å². The van der Waals surface area contributed by atoms with Crippen LogP contribution in [0.15, 0.2) is 131 Å². The van der Waals surface area contributed by atoms with Gasteiger partial charge in [-0.3, -0.25) is 9.11 Å². The van der Waals surface area contributed by atoms with Crippen molar-refractivity contribution in [3.63, 3.8) is 0 Å². The number of hydrogen-bond acceptors (Lipinski definition) is 8. The average molecular weight is 765 g/mol. The summed E-state index contributed by atoms with van der Waals surface area (Å²) in [4.78, 5) is 0.719. The van der Waals surface area contributed by atoms with Crippen molar-refractivity contribution in [3.8, 4) is 0 Å². The first-order valence-electron chi connectivity index (χ1n) is 14.5. The van der Waals surface area contributed by atoms with Crippen LogP contribution >= 0.6 is 0 Å². The molecule has 0 saturated carbocycles. The molecule has 4 aromatic rings. The summed E-state index contributed by atoms with van der Waals surface area (Å²) >= 11 is 0. The summed E-state index contributed by atoms with van der Waals surface area (Å²) in [7, 11) is -10.4. The molecule has 0 radical (unpaired) electrons. The van der Waals surface area contributed by atoms with Crippen LogP contribution in [0.1, 0.15) is 27.6 Å². The molecule has 1 aliphatic carbocycles. The Hall–Kier alpha value is -2.70. The van der Waals surface area contributed by atoms with Crippen LogP contribution in [0.5, 0.6) is 0 Å². The van der Waals surface area contributed by atoms with Gasteiger partial charge in [-0.2, -0.15) is 71.4 Å². The maximum Gasteiger partial charge on any atom is 1.00 e. The van der Waals surface area contributed by atoms with Crippen molar-refractivity contribution in [2.45, 2.75) is 21.7 Å². The molecule has 51 heavy (non-hydrogen) atoms. The molecule has 0 saturated heterocycles. The molecule has 4 aromatic carbocycles. The van der Waals surface area contributed by atoms with Gasteiger partial charge in [-0.15, -0.1) is 5.56 Å². The summed E-state index contributed by atoms with van der Waals surface area (Å²) in [5.74, 6) is 0. The summed E-state index contributed by atoms with van der Waals surface area (Å²) < 4.78 is 105. The summed E-state index contributed by atoms with van der Waals surface area (Å²) in [6.07, 6.45) is 7.25. The van der Waals surface area contributed by atoms with Gasteiger partial charge in [-0.1, -0.05) is 29.8 Å². The van der Waals surface area contributed by atoms with E-state index in [-0.39, 0.29) is 75.5 Å². The summed E-state index contributed by atoms with van der Waals surface area (Å²) in [5.41, 5.74) is 4.49. The van der Waals surface area contributed by atoms with Gasteiger partial charge < -0.3 is 9.45 Å². The van der Waals surface area contributed by atoms with Crippen LogP contribution in [0, 0.1) is 12.1 Å². The van der Waals surface area contributed by atoms with E-state index in [0.717, 1.165) is 0 Å². The Labute approximate surface area is 342 Å². The molecule has 0 heterocycles. The van der Waals surface area contributed by atoms with Crippen LogP contribution in [-0.2, 0) is 36.9 Å². The molecule has 0 aliphatic heterocycles. The van der Waals surface area contributed by atoms with Crippen molar-refractivity contribution < 1.29 is 103 Å². The Balaban J connectivity index is 0.00000351. The number of anilines is 1. The second kappa shape index (κ2) is 17.4. The minimum Gasteiger partial charge on any atom is -0.744 e. The zero-order chi connectivity index (χ0) is 35.6. The number of nitrogens with zero attached hydrogens (tertiary/aromatic N) is 2. The Kier molecular flexibility index (Phi) is 14.6. The number of hydrogen-bond donors (Lipinski definition) is 2. The Morgan fingerprint density at radius 3 is 1.90 bits per heavy atom. The second-order valence-corrected chi connectivity index (χ2v) is 15.3. The topological polar surface area (TPSA) is 172 Å². The van der Waals surface area contributed by atoms with Crippen molar-refractivity contribution in [2.24, 2.45) is 0 Å². The third kappa shape index (κ3) is 10.5. The third-order valence-electron chi connectivity index (χ3n) is 7.81. The van der Waals surface area contributed by atoms with Gasteiger partial charge in [0.15, 0.2) is 5.71 Å². The SMILES string of the molecule is CN(c1ccc(C(=C2C=CC(=[N+](C)Cc3ccc[c-]c3S(=O)(=O)O)C=C2)c2ccc(S(=O)(=O)[O-])cc2)cc1)C(c1c[c-]ccc1)S(=O)(=O)O.[Na+].[Na+]. The zero-order valence-corrected chi connectivity index (χ0v) is 34.6. The van der Waals surface area contributed by atoms with E-state index in [4.69, 9.17) is 0 Å². The molecule has 0 amide bonds. The molecule has 0 bridgehead atoms. The minimum absolute atomic E-state index is 0. The van der Waals surface area contributed by atoms with Gasteiger partial charge in [-0.05, 0) is 63.6 Å². The third-order valence-corrected chi connectivity index (χ3v) is 10.7. The van der Waals surface area contributed by atoms with Crippen molar-refractivity contribution in [2.75, 3.05) is 19.0 Å². The molecule has 0 spiro atoms. The number of allylic oxidation sites excluding steroid dienone is 5. The van der Waals surface area contributed by atoms with E-state index in [0.29, 0.717) is 44.8 Å². The quantitative estimate of drug-likeness (QED) is 0.0855. The molecule has 0 aromatic heterocycles. The predicted molar refractivity (Wildman–Crippen MR) is 183 cm³/mol. The summed E-state index contributed by atoms with van der Waals surface area (Å²) in [6, 6.07) is 28.6. The molecule has 11 nitrogen and oxygen atoms in total. The summed E-state index contributed by atoms with van der Waals surface area (Å²) in [5, 5.41) is -1.40. The van der Waals surface area contributed by atoms with Crippen molar-refractivity contribution >= 4 is 47.3 Å². The summed E-state index contributed by atoms with van der Waals surface area (Å²) in [6.45, 7) is 0.147. The van der Waals surface area contributed by atoms with Gasteiger partial charge >= 0.3 is 59.1 Å². The monoisotopic (exact) mass is 764 g/mol. The molecule has 1 unspecified atom stereocenters. The first-order chi connectivity index (χ1) is 23.0. The van der Waals surface area contributed by atoms with Crippen LogP contribution in [0.4, 0.5) is 5.69 Å². The number of benzene rings is 4. The molecular formula is C35H30N2Na2O9S3. The Morgan fingerprint density at radius 1 is 0.824 bits per heavy atom. The second-order valence-electron chi connectivity index (χ2n) is 11.1. The Bertz CT molecular complexity index is 2320.